The lowest BCUT2D eigenvalue weighted by molar-refractivity contribution is -0.377. The Kier molecular flexibility index (Phi) is 6.59. The number of hydrogen-bond acceptors (Lipinski definition) is 7. The molecule has 0 unspecified atom stereocenters. The van der Waals surface area contributed by atoms with E-state index in [9.17, 15) is 25.1 Å². The summed E-state index contributed by atoms with van der Waals surface area (Å²) in [6.07, 6.45) is 5.28. The van der Waals surface area contributed by atoms with Crippen molar-refractivity contribution >= 4 is 17.7 Å². The molecule has 0 fully saturated rings. The molecule has 0 aliphatic heterocycles. The van der Waals surface area contributed by atoms with Crippen molar-refractivity contribution in [1.82, 2.24) is 0 Å². The van der Waals surface area contributed by atoms with E-state index in [0.29, 0.717) is 0 Å². The molecule has 28 heavy (non-hydrogen) atoms. The standard InChI is InChI=1S/C20H20NO7/c1-3-27-18(23)20(19(24)28-4-2,14-10-6-5-7-11-14)17(22)15-12-8-9-13-16(15)21(25)26/h5-13H,3-4H2,1-2H3,(H-,22,25,26)/q-1. The minimum Gasteiger partial charge on any atom is -0.612 e. The van der Waals surface area contributed by atoms with E-state index in [1.807, 2.05) is 0 Å². The molecule has 2 rings (SSSR count). The summed E-state index contributed by atoms with van der Waals surface area (Å²) in [6, 6.07) is 7.68. The van der Waals surface area contributed by atoms with Gasteiger partial charge in [-0.25, -0.2) is 9.59 Å². The Bertz CT molecular complexity index is 844. The summed E-state index contributed by atoms with van der Waals surface area (Å²) in [4.78, 5) is 25.3. The molecule has 148 valence electrons. The molecule has 0 amide bonds. The maximum Gasteiger partial charge on any atom is 0.336 e. The summed E-state index contributed by atoms with van der Waals surface area (Å²) in [5.41, 5.74) is -3.08. The largest absolute Gasteiger partial charge is 0.612 e. The number of carbonyl (C=O) groups excluding carboxylic acids is 2. The van der Waals surface area contributed by atoms with Crippen molar-refractivity contribution < 1.29 is 29.1 Å². The van der Waals surface area contributed by atoms with Crippen LogP contribution >= 0.6 is 0 Å². The van der Waals surface area contributed by atoms with Gasteiger partial charge in [-0.05, 0) is 25.5 Å². The maximum atomic E-state index is 13.0. The molecule has 0 aromatic heterocycles. The predicted octanol–water partition coefficient (Wildman–Crippen LogP) is 2.44. The molecule has 1 N–H and O–H groups in total. The topological polar surface area (TPSA) is 122 Å². The van der Waals surface area contributed by atoms with Gasteiger partial charge in [0.1, 0.15) is 5.76 Å². The van der Waals surface area contributed by atoms with Crippen LogP contribution in [0.25, 0.3) is 0 Å². The van der Waals surface area contributed by atoms with Crippen LogP contribution < -0.4 is 0 Å². The lowest BCUT2D eigenvalue weighted by Crippen LogP contribution is -2.49. The summed E-state index contributed by atoms with van der Waals surface area (Å²) in [6.45, 7) is 2.94. The van der Waals surface area contributed by atoms with E-state index < -0.39 is 33.7 Å². The van der Waals surface area contributed by atoms with Crippen molar-refractivity contribution in [3.63, 3.8) is 0 Å². The molecule has 0 bridgehead atoms. The first-order valence-electron chi connectivity index (χ1n) is 8.61. The summed E-state index contributed by atoms with van der Waals surface area (Å²) in [5.74, 6) is -3.01. The highest BCUT2D eigenvalue weighted by molar-refractivity contribution is 6.14. The molecule has 0 saturated heterocycles. The highest BCUT2D eigenvalue weighted by Gasteiger charge is 2.56. The number of hydrogen-bond donors (Lipinski definition) is 1. The first-order chi connectivity index (χ1) is 13.4. The average Bonchev–Trinajstić information content (AvgIpc) is 2.69. The van der Waals surface area contributed by atoms with Gasteiger partial charge in [0, 0.05) is 6.08 Å². The minimum absolute atomic E-state index is 0.0718. The van der Waals surface area contributed by atoms with Crippen LogP contribution in [-0.4, -0.2) is 40.9 Å². The fraction of sp³-hybridized carbons (Fsp3) is 0.250. The van der Waals surface area contributed by atoms with Gasteiger partial charge in [0.2, 0.25) is 11.1 Å². The van der Waals surface area contributed by atoms with Crippen LogP contribution in [0.5, 0.6) is 0 Å². The number of allylic oxidation sites excluding steroid dienone is 5. The van der Waals surface area contributed by atoms with Crippen molar-refractivity contribution in [3.8, 4) is 0 Å². The van der Waals surface area contributed by atoms with E-state index in [-0.39, 0.29) is 24.4 Å². The van der Waals surface area contributed by atoms with Gasteiger partial charge in [-0.3, -0.25) is 0 Å². The fourth-order valence-corrected chi connectivity index (χ4v) is 2.85. The lowest BCUT2D eigenvalue weighted by Gasteiger charge is -2.30. The number of nitrogens with zero attached hydrogens (tertiary/aromatic N) is 1. The summed E-state index contributed by atoms with van der Waals surface area (Å²) >= 11 is 0. The normalized spacial score (nSPS) is 15.1. The molecular weight excluding hydrogens is 366 g/mol. The Hall–Kier alpha value is -3.55. The molecule has 0 atom stereocenters. The van der Waals surface area contributed by atoms with Crippen molar-refractivity contribution in [2.45, 2.75) is 19.3 Å². The Morgan fingerprint density at radius 2 is 1.54 bits per heavy atom. The molecule has 8 heteroatoms. The zero-order valence-corrected chi connectivity index (χ0v) is 15.5. The van der Waals surface area contributed by atoms with Gasteiger partial charge < -0.3 is 25.0 Å². The number of carbonyl (C=O) groups is 2. The van der Waals surface area contributed by atoms with Gasteiger partial charge in [0.15, 0.2) is 0 Å². The molecule has 0 radical (unpaired) electrons. The minimum atomic E-state index is -2.40. The van der Waals surface area contributed by atoms with Crippen molar-refractivity contribution in [2.75, 3.05) is 13.2 Å². The van der Waals surface area contributed by atoms with Gasteiger partial charge in [-0.1, -0.05) is 42.5 Å². The summed E-state index contributed by atoms with van der Waals surface area (Å²) in [5, 5.41) is 34.0. The zero-order chi connectivity index (χ0) is 20.7. The fourth-order valence-electron chi connectivity index (χ4n) is 2.85. The van der Waals surface area contributed by atoms with Gasteiger partial charge in [-0.2, -0.15) is 4.90 Å². The van der Waals surface area contributed by atoms with Crippen LogP contribution in [0, 0.1) is 10.4 Å². The number of esters is 2. The Morgan fingerprint density at radius 3 is 2.04 bits per heavy atom. The number of aliphatic hydroxyl groups is 1. The first-order valence-corrected chi connectivity index (χ1v) is 8.61. The van der Waals surface area contributed by atoms with Crippen molar-refractivity contribution in [2.24, 2.45) is 0 Å². The monoisotopic (exact) mass is 386 g/mol. The Balaban J connectivity index is 2.90. The quantitative estimate of drug-likeness (QED) is 0.262. The van der Waals surface area contributed by atoms with Gasteiger partial charge in [-0.15, -0.1) is 0 Å². The van der Waals surface area contributed by atoms with Gasteiger partial charge in [0.05, 0.1) is 18.8 Å². The molecule has 8 nitrogen and oxygen atoms in total. The Labute approximate surface area is 161 Å². The second-order valence-electron chi connectivity index (χ2n) is 5.68. The number of ether oxygens (including phenoxy) is 2. The third-order valence-electron chi connectivity index (χ3n) is 4.08. The molecule has 1 aromatic rings. The lowest BCUT2D eigenvalue weighted by atomic mass is 9.75. The van der Waals surface area contributed by atoms with E-state index in [1.165, 1.54) is 30.4 Å². The van der Waals surface area contributed by atoms with Crippen molar-refractivity contribution in [3.05, 3.63) is 81.9 Å². The highest BCUT2D eigenvalue weighted by atomic mass is 16.8. The van der Waals surface area contributed by atoms with Crippen LogP contribution in [0.2, 0.25) is 0 Å². The third-order valence-corrected chi connectivity index (χ3v) is 4.08. The number of benzene rings is 1. The molecule has 1 aliphatic carbocycles. The summed E-state index contributed by atoms with van der Waals surface area (Å²) < 4.78 is 10.2. The van der Waals surface area contributed by atoms with E-state index in [1.54, 1.807) is 32.0 Å². The van der Waals surface area contributed by atoms with Crippen LogP contribution in [0.3, 0.4) is 0 Å². The molecule has 1 aliphatic rings. The van der Waals surface area contributed by atoms with Crippen LogP contribution in [-0.2, 0) is 24.5 Å². The van der Waals surface area contributed by atoms with E-state index in [2.05, 4.69) is 0 Å². The van der Waals surface area contributed by atoms with Crippen LogP contribution in [0.15, 0.2) is 66.0 Å². The molecule has 1 aromatic carbocycles. The molecule has 0 spiro atoms. The zero-order valence-electron chi connectivity index (χ0n) is 15.5. The van der Waals surface area contributed by atoms with Crippen LogP contribution in [0.4, 0.5) is 0 Å². The predicted molar refractivity (Wildman–Crippen MR) is 101 cm³/mol. The van der Waals surface area contributed by atoms with Gasteiger partial charge in [0.25, 0.3) is 0 Å². The second kappa shape index (κ2) is 8.90. The van der Waals surface area contributed by atoms with Gasteiger partial charge >= 0.3 is 11.9 Å². The third kappa shape index (κ3) is 3.62. The van der Waals surface area contributed by atoms with E-state index in [0.717, 1.165) is 6.08 Å². The molecule has 0 saturated carbocycles. The van der Waals surface area contributed by atoms with E-state index in [4.69, 9.17) is 9.47 Å². The first kappa shape index (κ1) is 20.8. The maximum absolute atomic E-state index is 13.0. The van der Waals surface area contributed by atoms with Crippen molar-refractivity contribution in [1.29, 1.82) is 0 Å². The number of aliphatic hydroxyl groups excluding tert-OH is 1. The smallest absolute Gasteiger partial charge is 0.336 e. The highest BCUT2D eigenvalue weighted by Crippen LogP contribution is 2.37. The Morgan fingerprint density at radius 1 is 1.00 bits per heavy atom. The second-order valence-corrected chi connectivity index (χ2v) is 5.68. The number of rotatable bonds is 6. The molecule has 0 heterocycles. The summed E-state index contributed by atoms with van der Waals surface area (Å²) in [7, 11) is 0. The van der Waals surface area contributed by atoms with Crippen LogP contribution in [0.1, 0.15) is 19.4 Å². The average molecular weight is 386 g/mol. The SMILES string of the molecule is CCOC(=O)C(C(=O)OCC)(C(O)=C1C=CC=CC1=[N+]([O-])[O-])c1ccccc1. The molecular formula is C20H20NO7-. The van der Waals surface area contributed by atoms with E-state index >= 15 is 0 Å².